The minimum atomic E-state index is -5.65. The van der Waals surface area contributed by atoms with Crippen LogP contribution in [-0.2, 0) is 10.1 Å². The molecule has 0 saturated heterocycles. The molecule has 0 fully saturated rings. The lowest BCUT2D eigenvalue weighted by molar-refractivity contribution is -0.153. The molecule has 0 bridgehead atoms. The smallest absolute Gasteiger partial charge is 0.483 e. The molecular weight excluding hydrogens is 798 g/mol. The molecule has 0 saturated carbocycles. The van der Waals surface area contributed by atoms with Crippen molar-refractivity contribution >= 4 is 43.6 Å². The van der Waals surface area contributed by atoms with Crippen molar-refractivity contribution in [2.45, 2.75) is 90.9 Å². The van der Waals surface area contributed by atoms with Crippen molar-refractivity contribution in [2.75, 3.05) is 6.61 Å². The molecular formula is C40H45ClF6N4O5S. The third-order valence-electron chi connectivity index (χ3n) is 7.68. The van der Waals surface area contributed by atoms with Crippen molar-refractivity contribution in [2.24, 2.45) is 0 Å². The van der Waals surface area contributed by atoms with Crippen LogP contribution in [-0.4, -0.2) is 46.5 Å². The highest BCUT2D eigenvalue weighted by Crippen LogP contribution is 2.28. The number of hydrogen-bond acceptors (Lipinski definition) is 8. The van der Waals surface area contributed by atoms with Crippen LogP contribution in [0.1, 0.15) is 96.2 Å². The van der Waals surface area contributed by atoms with Gasteiger partial charge in [0.05, 0.1) is 11.7 Å². The van der Waals surface area contributed by atoms with Gasteiger partial charge in [-0.2, -0.15) is 39.9 Å². The van der Waals surface area contributed by atoms with Gasteiger partial charge in [0.15, 0.2) is 6.61 Å². The van der Waals surface area contributed by atoms with Gasteiger partial charge in [0.2, 0.25) is 5.88 Å². The number of ether oxygens (including phenoxy) is 1. The maximum absolute atomic E-state index is 12.0. The summed E-state index contributed by atoms with van der Waals surface area (Å²) in [7, 11) is -5.65. The Hall–Kier alpha value is -4.83. The normalized spacial score (nSPS) is 11.9. The largest absolute Gasteiger partial charge is 0.534 e. The fraction of sp³-hybridized carbons (Fsp3) is 0.375. The van der Waals surface area contributed by atoms with Crippen molar-refractivity contribution in [1.82, 2.24) is 19.7 Å². The van der Waals surface area contributed by atoms with Gasteiger partial charge < -0.3 is 13.3 Å². The molecule has 4 aromatic heterocycles. The highest BCUT2D eigenvalue weighted by molar-refractivity contribution is 7.87. The molecule has 310 valence electrons. The monoisotopic (exact) mass is 842 g/mol. The van der Waals surface area contributed by atoms with Crippen LogP contribution >= 0.6 is 11.6 Å². The van der Waals surface area contributed by atoms with Crippen LogP contribution in [0.5, 0.6) is 11.6 Å². The Morgan fingerprint density at radius 2 is 1.46 bits per heavy atom. The lowest BCUT2D eigenvalue weighted by atomic mass is 10.1. The number of furan rings is 1. The number of alkyl halides is 6. The van der Waals surface area contributed by atoms with Crippen LogP contribution in [0.25, 0.3) is 21.9 Å². The Morgan fingerprint density at radius 3 is 1.96 bits per heavy atom. The number of benzene rings is 2. The van der Waals surface area contributed by atoms with E-state index in [1.54, 1.807) is 6.07 Å². The van der Waals surface area contributed by atoms with Gasteiger partial charge in [-0.15, -0.1) is 0 Å². The summed E-state index contributed by atoms with van der Waals surface area (Å²) >= 11 is 5.87. The van der Waals surface area contributed by atoms with E-state index in [-0.39, 0.29) is 17.6 Å². The number of hydrogen-bond donors (Lipinski definition) is 0. The van der Waals surface area contributed by atoms with Crippen molar-refractivity contribution in [3.63, 3.8) is 0 Å². The van der Waals surface area contributed by atoms with E-state index in [1.807, 2.05) is 74.8 Å². The summed E-state index contributed by atoms with van der Waals surface area (Å²) in [6.07, 6.45) is 0.351. The summed E-state index contributed by atoms with van der Waals surface area (Å²) in [4.78, 5) is 7.48. The summed E-state index contributed by atoms with van der Waals surface area (Å²) in [5.74, 6) is 1.35. The summed E-state index contributed by atoms with van der Waals surface area (Å²) in [5, 5.41) is 7.48. The maximum Gasteiger partial charge on any atom is 0.534 e. The number of halogens is 7. The quantitative estimate of drug-likeness (QED) is 0.0846. The first-order chi connectivity index (χ1) is 26.5. The molecule has 6 aromatic rings. The van der Waals surface area contributed by atoms with Crippen molar-refractivity contribution < 1.29 is 48.1 Å². The Labute approximate surface area is 333 Å². The van der Waals surface area contributed by atoms with E-state index in [4.69, 9.17) is 16.0 Å². The molecule has 0 aliphatic rings. The summed E-state index contributed by atoms with van der Waals surface area (Å²) < 4.78 is 109. The van der Waals surface area contributed by atoms with Gasteiger partial charge in [0.25, 0.3) is 0 Å². The summed E-state index contributed by atoms with van der Waals surface area (Å²) in [6, 6.07) is 22.0. The Morgan fingerprint density at radius 1 is 0.772 bits per heavy atom. The fourth-order valence-electron chi connectivity index (χ4n) is 4.49. The lowest BCUT2D eigenvalue weighted by Gasteiger charge is -2.09. The average Bonchev–Trinajstić information content (AvgIpc) is 3.76. The average molecular weight is 843 g/mol. The topological polar surface area (TPSA) is 109 Å². The standard InChI is InChI=1S/C11H11ClO.C10H12F3NO.C10H12N2.C9H10F3NO3S/c1-7(2)11-6-8-5-9(12)3-4-10(8)13-11;1-7(2)9-4-3-8(5-14-9)15-6-10(11,12)13;1-8(2)12-7-9-5-3-4-6-10(9)11-12;1-6(2)7-3-4-8(13-5-7)16-17(14,15)9(10,11)12/h3-7H,1-2H3;3-5,7H,6H2,1-2H3;3-8H,1-2H3;3-6H,1-2H3. The first-order valence-corrected chi connectivity index (χ1v) is 19.5. The minimum absolute atomic E-state index is 0.135. The van der Waals surface area contributed by atoms with Crippen LogP contribution in [0.2, 0.25) is 5.02 Å². The zero-order valence-electron chi connectivity index (χ0n) is 32.6. The Balaban J connectivity index is 0.000000205. The molecule has 0 atom stereocenters. The number of nitrogens with zero attached hydrogens (tertiary/aromatic N) is 4. The molecule has 0 amide bonds. The molecule has 0 aliphatic carbocycles. The van der Waals surface area contributed by atoms with Crippen molar-refractivity contribution in [1.29, 1.82) is 0 Å². The van der Waals surface area contributed by atoms with Gasteiger partial charge in [-0.3, -0.25) is 9.67 Å². The number of aromatic nitrogens is 4. The number of rotatable bonds is 8. The molecule has 4 heterocycles. The molecule has 17 heteroatoms. The highest BCUT2D eigenvalue weighted by atomic mass is 35.5. The van der Waals surface area contributed by atoms with Crippen molar-refractivity contribution in [3.8, 4) is 11.6 Å². The first kappa shape index (κ1) is 46.6. The number of fused-ring (bicyclic) bond motifs is 2. The fourth-order valence-corrected chi connectivity index (χ4v) is 5.09. The second kappa shape index (κ2) is 20.0. The van der Waals surface area contributed by atoms with E-state index >= 15 is 0 Å². The third-order valence-corrected chi connectivity index (χ3v) is 8.88. The van der Waals surface area contributed by atoms with Crippen LogP contribution in [0.4, 0.5) is 26.3 Å². The molecule has 0 unspecified atom stereocenters. The molecule has 2 aromatic carbocycles. The molecule has 9 nitrogen and oxygen atoms in total. The van der Waals surface area contributed by atoms with Crippen molar-refractivity contribution in [3.05, 3.63) is 113 Å². The van der Waals surface area contributed by atoms with E-state index in [2.05, 4.69) is 63.9 Å². The van der Waals surface area contributed by atoms with E-state index in [9.17, 15) is 34.8 Å². The van der Waals surface area contributed by atoms with Gasteiger partial charge in [0, 0.05) is 51.9 Å². The van der Waals surface area contributed by atoms with Gasteiger partial charge in [-0.05, 0) is 73.7 Å². The maximum atomic E-state index is 12.0. The van der Waals surface area contributed by atoms with Gasteiger partial charge in [0.1, 0.15) is 17.1 Å². The van der Waals surface area contributed by atoms with Crippen LogP contribution in [0, 0.1) is 0 Å². The predicted molar refractivity (Wildman–Crippen MR) is 209 cm³/mol. The van der Waals surface area contributed by atoms with E-state index in [0.717, 1.165) is 44.6 Å². The third kappa shape index (κ3) is 14.9. The lowest BCUT2D eigenvalue weighted by Crippen LogP contribution is -2.28. The van der Waals surface area contributed by atoms with Gasteiger partial charge in [-0.1, -0.05) is 77.4 Å². The molecule has 0 aliphatic heterocycles. The Kier molecular flexibility index (Phi) is 16.4. The molecule has 57 heavy (non-hydrogen) atoms. The number of pyridine rings is 2. The zero-order valence-corrected chi connectivity index (χ0v) is 34.1. The molecule has 0 radical (unpaired) electrons. The predicted octanol–water partition coefficient (Wildman–Crippen LogP) is 12.4. The van der Waals surface area contributed by atoms with E-state index in [1.165, 1.54) is 29.9 Å². The summed E-state index contributed by atoms with van der Waals surface area (Å²) in [6.45, 7) is 14.8. The van der Waals surface area contributed by atoms with E-state index < -0.39 is 34.3 Å². The second-order valence-electron chi connectivity index (χ2n) is 13.8. The van der Waals surface area contributed by atoms with Crippen LogP contribution in [0.3, 0.4) is 0 Å². The van der Waals surface area contributed by atoms with Gasteiger partial charge in [-0.25, -0.2) is 4.98 Å². The molecule has 0 N–H and O–H groups in total. The zero-order chi connectivity index (χ0) is 42.7. The molecule has 6 rings (SSSR count). The van der Waals surface area contributed by atoms with Crippen LogP contribution < -0.4 is 8.92 Å². The van der Waals surface area contributed by atoms with Gasteiger partial charge >= 0.3 is 21.8 Å². The van der Waals surface area contributed by atoms with E-state index in [0.29, 0.717) is 12.0 Å². The molecule has 0 spiro atoms. The second-order valence-corrected chi connectivity index (χ2v) is 15.8. The SMILES string of the molecule is CC(C)c1cc2cc(Cl)ccc2o1.CC(C)c1ccc(OCC(F)(F)F)cn1.CC(C)c1ccc(OS(=O)(=O)C(F)(F)F)nc1.CC(C)n1cc2ccccc2n1. The highest BCUT2D eigenvalue weighted by Gasteiger charge is 2.48. The minimum Gasteiger partial charge on any atom is -0.483 e. The summed E-state index contributed by atoms with van der Waals surface area (Å²) in [5.41, 5.74) is -1.87. The Bertz CT molecular complexity index is 2220. The first-order valence-electron chi connectivity index (χ1n) is 17.7. The van der Waals surface area contributed by atoms with Crippen LogP contribution in [0.15, 0.2) is 95.8 Å².